The highest BCUT2D eigenvalue weighted by atomic mass is 32.2. The molecule has 0 aliphatic carbocycles. The maximum Gasteiger partial charge on any atom is 0.237 e. The second kappa shape index (κ2) is 8.36. The van der Waals surface area contributed by atoms with Crippen LogP contribution in [0.25, 0.3) is 10.7 Å². The molecule has 28 heavy (non-hydrogen) atoms. The standard InChI is InChI=1S/C18H17N7OS2/c1-11(28-10-14-21-16(25-26-14)13-8-5-9-27-13)15-22-17(19)24-18(23-15)20-12-6-3-2-4-7-12/h2-9,11H,10H2,1H3,(H3,19,20,22,23,24). The van der Waals surface area contributed by atoms with Gasteiger partial charge < -0.3 is 15.6 Å². The summed E-state index contributed by atoms with van der Waals surface area (Å²) in [5, 5.41) is 9.12. The molecule has 3 heterocycles. The fraction of sp³-hybridized carbons (Fsp3) is 0.167. The number of thiophene rings is 1. The number of rotatable bonds is 7. The molecular weight excluding hydrogens is 394 g/mol. The summed E-state index contributed by atoms with van der Waals surface area (Å²) in [4.78, 5) is 18.3. The first-order valence-electron chi connectivity index (χ1n) is 8.49. The zero-order chi connectivity index (χ0) is 19.3. The third kappa shape index (κ3) is 4.46. The zero-order valence-electron chi connectivity index (χ0n) is 14.9. The first-order valence-corrected chi connectivity index (χ1v) is 10.4. The molecule has 1 unspecified atom stereocenters. The van der Waals surface area contributed by atoms with E-state index >= 15 is 0 Å². The number of nitrogen functional groups attached to an aromatic ring is 1. The van der Waals surface area contributed by atoms with Crippen LogP contribution in [-0.2, 0) is 5.75 Å². The second-order valence-corrected chi connectivity index (χ2v) is 8.09. The van der Waals surface area contributed by atoms with Crippen molar-refractivity contribution in [1.29, 1.82) is 0 Å². The number of hydrogen-bond acceptors (Lipinski definition) is 10. The summed E-state index contributed by atoms with van der Waals surface area (Å²) in [5.74, 6) is 2.90. The van der Waals surface area contributed by atoms with E-state index in [-0.39, 0.29) is 11.2 Å². The van der Waals surface area contributed by atoms with Gasteiger partial charge in [0, 0.05) is 5.69 Å². The average Bonchev–Trinajstić information content (AvgIpc) is 3.38. The molecule has 8 nitrogen and oxygen atoms in total. The number of anilines is 3. The van der Waals surface area contributed by atoms with Crippen molar-refractivity contribution in [2.24, 2.45) is 0 Å². The van der Waals surface area contributed by atoms with Crippen molar-refractivity contribution in [2.45, 2.75) is 17.9 Å². The van der Waals surface area contributed by atoms with Gasteiger partial charge in [0.1, 0.15) is 5.82 Å². The van der Waals surface area contributed by atoms with E-state index in [2.05, 4.69) is 30.4 Å². The average molecular weight is 412 g/mol. The van der Waals surface area contributed by atoms with Gasteiger partial charge in [0.2, 0.25) is 23.6 Å². The van der Waals surface area contributed by atoms with Crippen LogP contribution in [0.3, 0.4) is 0 Å². The quantitative estimate of drug-likeness (QED) is 0.459. The van der Waals surface area contributed by atoms with Gasteiger partial charge in [-0.15, -0.1) is 23.1 Å². The van der Waals surface area contributed by atoms with Crippen molar-refractivity contribution in [1.82, 2.24) is 25.1 Å². The molecular formula is C18H17N7OS2. The van der Waals surface area contributed by atoms with Gasteiger partial charge >= 0.3 is 0 Å². The molecule has 3 N–H and O–H groups in total. The minimum absolute atomic E-state index is 0.0290. The Labute approximate surface area is 169 Å². The number of nitrogens with two attached hydrogens (primary N) is 1. The van der Waals surface area contributed by atoms with E-state index in [0.717, 1.165) is 10.6 Å². The molecule has 0 saturated carbocycles. The van der Waals surface area contributed by atoms with E-state index in [1.165, 1.54) is 0 Å². The lowest BCUT2D eigenvalue weighted by molar-refractivity contribution is 0.391. The minimum atomic E-state index is -0.0290. The van der Waals surface area contributed by atoms with Crippen molar-refractivity contribution < 1.29 is 4.52 Å². The largest absolute Gasteiger partial charge is 0.368 e. The number of nitrogens with one attached hydrogen (secondary N) is 1. The smallest absolute Gasteiger partial charge is 0.237 e. The molecule has 1 atom stereocenters. The monoisotopic (exact) mass is 411 g/mol. The van der Waals surface area contributed by atoms with E-state index in [0.29, 0.717) is 29.2 Å². The van der Waals surface area contributed by atoms with Crippen LogP contribution in [0, 0.1) is 0 Å². The number of thioether (sulfide) groups is 1. The number of nitrogens with zero attached hydrogens (tertiary/aromatic N) is 5. The Morgan fingerprint density at radius 3 is 2.75 bits per heavy atom. The van der Waals surface area contributed by atoms with Crippen molar-refractivity contribution in [3.63, 3.8) is 0 Å². The van der Waals surface area contributed by atoms with E-state index in [1.807, 2.05) is 54.8 Å². The molecule has 142 valence electrons. The van der Waals surface area contributed by atoms with E-state index in [4.69, 9.17) is 10.3 Å². The zero-order valence-corrected chi connectivity index (χ0v) is 16.6. The topological polar surface area (TPSA) is 116 Å². The molecule has 4 aromatic rings. The summed E-state index contributed by atoms with van der Waals surface area (Å²) in [5.41, 5.74) is 6.75. The predicted octanol–water partition coefficient (Wildman–Crippen LogP) is 4.30. The maximum atomic E-state index is 5.86. The van der Waals surface area contributed by atoms with Crippen molar-refractivity contribution in [3.8, 4) is 10.7 Å². The Morgan fingerprint density at radius 1 is 1.11 bits per heavy atom. The fourth-order valence-corrected chi connectivity index (χ4v) is 3.80. The van der Waals surface area contributed by atoms with Gasteiger partial charge in [-0.2, -0.15) is 19.9 Å². The predicted molar refractivity (Wildman–Crippen MR) is 111 cm³/mol. The van der Waals surface area contributed by atoms with Gasteiger partial charge in [-0.05, 0) is 30.5 Å². The van der Waals surface area contributed by atoms with Crippen LogP contribution in [0.15, 0.2) is 52.4 Å². The van der Waals surface area contributed by atoms with Gasteiger partial charge in [-0.25, -0.2) is 0 Å². The molecule has 0 aliphatic rings. The third-order valence-corrected chi connectivity index (χ3v) is 5.72. The van der Waals surface area contributed by atoms with E-state index < -0.39 is 0 Å². The molecule has 10 heteroatoms. The molecule has 0 radical (unpaired) electrons. The van der Waals surface area contributed by atoms with E-state index in [1.54, 1.807) is 23.1 Å². The van der Waals surface area contributed by atoms with Crippen LogP contribution in [0.1, 0.15) is 23.9 Å². The molecule has 0 spiro atoms. The first-order chi connectivity index (χ1) is 13.7. The number of aromatic nitrogens is 5. The Kier molecular flexibility index (Phi) is 5.49. The van der Waals surface area contributed by atoms with Crippen molar-refractivity contribution in [2.75, 3.05) is 11.1 Å². The van der Waals surface area contributed by atoms with Crippen LogP contribution in [0.2, 0.25) is 0 Å². The Hall–Kier alpha value is -2.98. The van der Waals surface area contributed by atoms with Crippen molar-refractivity contribution in [3.05, 3.63) is 59.6 Å². The number of hydrogen-bond donors (Lipinski definition) is 2. The molecule has 1 aromatic carbocycles. The molecule has 0 fully saturated rings. The molecule has 3 aromatic heterocycles. The van der Waals surface area contributed by atoms with Crippen LogP contribution in [0.4, 0.5) is 17.6 Å². The number of benzene rings is 1. The second-order valence-electron chi connectivity index (χ2n) is 5.81. The van der Waals surface area contributed by atoms with Gasteiger partial charge in [-0.1, -0.05) is 29.4 Å². The SMILES string of the molecule is CC(SCc1nc(-c2cccs2)no1)c1nc(N)nc(Nc2ccccc2)n1. The van der Waals surface area contributed by atoms with Gasteiger partial charge in [0.05, 0.1) is 15.9 Å². The fourth-order valence-electron chi connectivity index (χ4n) is 2.39. The van der Waals surface area contributed by atoms with Crippen molar-refractivity contribution >= 4 is 40.7 Å². The Bertz CT molecular complexity index is 1040. The summed E-state index contributed by atoms with van der Waals surface area (Å²) in [6, 6.07) is 13.6. The molecule has 4 rings (SSSR count). The lowest BCUT2D eigenvalue weighted by Gasteiger charge is -2.11. The summed E-state index contributed by atoms with van der Waals surface area (Å²) >= 11 is 3.16. The highest BCUT2D eigenvalue weighted by Gasteiger charge is 2.16. The maximum absolute atomic E-state index is 5.86. The first kappa shape index (κ1) is 18.4. The van der Waals surface area contributed by atoms with Crippen LogP contribution < -0.4 is 11.1 Å². The van der Waals surface area contributed by atoms with E-state index in [9.17, 15) is 0 Å². The number of para-hydroxylation sites is 1. The molecule has 0 bridgehead atoms. The summed E-state index contributed by atoms with van der Waals surface area (Å²) < 4.78 is 5.34. The Balaban J connectivity index is 1.42. The molecule has 0 saturated heterocycles. The van der Waals surface area contributed by atoms with Crippen LogP contribution in [-0.4, -0.2) is 25.1 Å². The lowest BCUT2D eigenvalue weighted by atomic mass is 10.3. The summed E-state index contributed by atoms with van der Waals surface area (Å²) in [6.45, 7) is 2.00. The highest BCUT2D eigenvalue weighted by molar-refractivity contribution is 7.98. The Morgan fingerprint density at radius 2 is 1.96 bits per heavy atom. The van der Waals surface area contributed by atoms with Gasteiger partial charge in [0.15, 0.2) is 0 Å². The third-order valence-electron chi connectivity index (χ3n) is 3.73. The molecule has 0 amide bonds. The lowest BCUT2D eigenvalue weighted by Crippen LogP contribution is -2.08. The van der Waals surface area contributed by atoms with Gasteiger partial charge in [0.25, 0.3) is 0 Å². The minimum Gasteiger partial charge on any atom is -0.368 e. The summed E-state index contributed by atoms with van der Waals surface area (Å²) in [7, 11) is 0. The highest BCUT2D eigenvalue weighted by Crippen LogP contribution is 2.30. The summed E-state index contributed by atoms with van der Waals surface area (Å²) in [6.07, 6.45) is 0. The normalized spacial score (nSPS) is 12.0. The van der Waals surface area contributed by atoms with Gasteiger partial charge in [-0.3, -0.25) is 0 Å². The van der Waals surface area contributed by atoms with Crippen LogP contribution >= 0.6 is 23.1 Å². The molecule has 0 aliphatic heterocycles. The van der Waals surface area contributed by atoms with Crippen LogP contribution in [0.5, 0.6) is 0 Å².